The maximum Gasteiger partial charge on any atom is 0.0805 e. The molecule has 0 amide bonds. The molecule has 0 aromatic heterocycles. The Labute approximate surface area is 82.0 Å². The van der Waals surface area contributed by atoms with E-state index >= 15 is 0 Å². The van der Waals surface area contributed by atoms with Gasteiger partial charge in [-0.2, -0.15) is 0 Å². The molecular formula is C11H23NO. The van der Waals surface area contributed by atoms with Crippen LogP contribution in [0.5, 0.6) is 0 Å². The van der Waals surface area contributed by atoms with E-state index < -0.39 is 0 Å². The summed E-state index contributed by atoms with van der Waals surface area (Å²) in [6, 6.07) is 0. The van der Waals surface area contributed by atoms with Crippen LogP contribution in [0.25, 0.3) is 0 Å². The summed E-state index contributed by atoms with van der Waals surface area (Å²) in [6.45, 7) is 10.9. The fourth-order valence-electron chi connectivity index (χ4n) is 1.89. The van der Waals surface area contributed by atoms with Gasteiger partial charge in [0.25, 0.3) is 0 Å². The first-order chi connectivity index (χ1) is 6.13. The lowest BCUT2D eigenvalue weighted by Crippen LogP contribution is -2.54. The molecule has 0 bridgehead atoms. The smallest absolute Gasteiger partial charge is 0.0805 e. The highest BCUT2D eigenvalue weighted by molar-refractivity contribution is 4.87. The molecule has 0 aromatic carbocycles. The molecule has 1 N–H and O–H groups in total. The van der Waals surface area contributed by atoms with Gasteiger partial charge in [-0.1, -0.05) is 27.7 Å². The van der Waals surface area contributed by atoms with Crippen LogP contribution in [-0.2, 0) is 4.74 Å². The number of rotatable bonds is 3. The second-order valence-electron chi connectivity index (χ2n) is 4.42. The van der Waals surface area contributed by atoms with Gasteiger partial charge >= 0.3 is 0 Å². The number of hydrogen-bond donors (Lipinski definition) is 1. The molecule has 0 spiro atoms. The quantitative estimate of drug-likeness (QED) is 0.727. The first-order valence-corrected chi connectivity index (χ1v) is 5.52. The van der Waals surface area contributed by atoms with Gasteiger partial charge in [0.05, 0.1) is 11.7 Å². The third-order valence-electron chi connectivity index (χ3n) is 3.23. The predicted octanol–water partition coefficient (Wildman–Crippen LogP) is 2.19. The number of ether oxygens (including phenoxy) is 1. The van der Waals surface area contributed by atoms with E-state index in [9.17, 15) is 0 Å². The maximum atomic E-state index is 6.17. The molecule has 2 heteroatoms. The molecule has 2 nitrogen and oxygen atoms in total. The topological polar surface area (TPSA) is 21.3 Å². The Kier molecular flexibility index (Phi) is 3.74. The second-order valence-corrected chi connectivity index (χ2v) is 4.42. The average molecular weight is 185 g/mol. The largest absolute Gasteiger partial charge is 0.369 e. The molecule has 1 atom stereocenters. The molecule has 78 valence electrons. The summed E-state index contributed by atoms with van der Waals surface area (Å²) in [6.07, 6.45) is 2.62. The van der Waals surface area contributed by atoms with Crippen molar-refractivity contribution < 1.29 is 4.74 Å². The normalized spacial score (nSPS) is 27.9. The van der Waals surface area contributed by atoms with Crippen molar-refractivity contribution in [1.82, 2.24) is 5.32 Å². The number of hydrogen-bond acceptors (Lipinski definition) is 2. The summed E-state index contributed by atoms with van der Waals surface area (Å²) in [5.74, 6) is 0.616. The van der Waals surface area contributed by atoms with Crippen molar-refractivity contribution in [3.8, 4) is 0 Å². The Morgan fingerprint density at radius 2 is 2.00 bits per heavy atom. The third kappa shape index (κ3) is 2.44. The van der Waals surface area contributed by atoms with Gasteiger partial charge in [0.1, 0.15) is 0 Å². The number of morpholine rings is 1. The molecule has 1 rings (SSSR count). The SMILES string of the molecule is CCC1(CC)CNCC(C(C)C)O1. The Balaban J connectivity index is 2.58. The van der Waals surface area contributed by atoms with Crippen molar-refractivity contribution in [3.05, 3.63) is 0 Å². The van der Waals surface area contributed by atoms with E-state index in [1.807, 2.05) is 0 Å². The zero-order valence-electron chi connectivity index (χ0n) is 9.39. The minimum atomic E-state index is 0.104. The van der Waals surface area contributed by atoms with Crippen LogP contribution in [0.3, 0.4) is 0 Å². The van der Waals surface area contributed by atoms with E-state index in [-0.39, 0.29) is 5.60 Å². The van der Waals surface area contributed by atoms with E-state index in [1.54, 1.807) is 0 Å². The van der Waals surface area contributed by atoms with Crippen molar-refractivity contribution in [2.45, 2.75) is 52.2 Å². The lowest BCUT2D eigenvalue weighted by molar-refractivity contribution is -0.135. The number of nitrogens with one attached hydrogen (secondary N) is 1. The highest BCUT2D eigenvalue weighted by atomic mass is 16.5. The van der Waals surface area contributed by atoms with Gasteiger partial charge in [-0.15, -0.1) is 0 Å². The minimum Gasteiger partial charge on any atom is -0.369 e. The van der Waals surface area contributed by atoms with Crippen molar-refractivity contribution >= 4 is 0 Å². The van der Waals surface area contributed by atoms with E-state index in [2.05, 4.69) is 33.0 Å². The second kappa shape index (κ2) is 4.43. The highest BCUT2D eigenvalue weighted by Gasteiger charge is 2.34. The average Bonchev–Trinajstić information content (AvgIpc) is 2.18. The first-order valence-electron chi connectivity index (χ1n) is 5.52. The lowest BCUT2D eigenvalue weighted by Gasteiger charge is -2.42. The van der Waals surface area contributed by atoms with Crippen LogP contribution in [0.2, 0.25) is 0 Å². The van der Waals surface area contributed by atoms with Gasteiger partial charge in [0.15, 0.2) is 0 Å². The third-order valence-corrected chi connectivity index (χ3v) is 3.23. The van der Waals surface area contributed by atoms with E-state index in [0.717, 1.165) is 25.9 Å². The Morgan fingerprint density at radius 1 is 1.38 bits per heavy atom. The summed E-state index contributed by atoms with van der Waals surface area (Å²) >= 11 is 0. The molecule has 1 aliphatic rings. The Bertz CT molecular complexity index is 152. The summed E-state index contributed by atoms with van der Waals surface area (Å²) in [4.78, 5) is 0. The summed E-state index contributed by atoms with van der Waals surface area (Å²) < 4.78 is 6.17. The highest BCUT2D eigenvalue weighted by Crippen LogP contribution is 2.26. The molecule has 1 fully saturated rings. The van der Waals surface area contributed by atoms with E-state index in [4.69, 9.17) is 4.74 Å². The zero-order valence-corrected chi connectivity index (χ0v) is 9.39. The molecule has 0 aliphatic carbocycles. The lowest BCUT2D eigenvalue weighted by atomic mass is 9.93. The molecule has 0 radical (unpaired) electrons. The van der Waals surface area contributed by atoms with Gasteiger partial charge in [0.2, 0.25) is 0 Å². The van der Waals surface area contributed by atoms with Crippen LogP contribution < -0.4 is 5.32 Å². The van der Waals surface area contributed by atoms with Gasteiger partial charge < -0.3 is 10.1 Å². The fourth-order valence-corrected chi connectivity index (χ4v) is 1.89. The minimum absolute atomic E-state index is 0.104. The summed E-state index contributed by atoms with van der Waals surface area (Å²) in [5, 5.41) is 3.48. The van der Waals surface area contributed by atoms with Crippen molar-refractivity contribution in [1.29, 1.82) is 0 Å². The predicted molar refractivity (Wildman–Crippen MR) is 55.9 cm³/mol. The van der Waals surface area contributed by atoms with Gasteiger partial charge in [-0.25, -0.2) is 0 Å². The molecule has 1 heterocycles. The summed E-state index contributed by atoms with van der Waals surface area (Å²) in [7, 11) is 0. The molecule has 1 unspecified atom stereocenters. The molecule has 1 aliphatic heterocycles. The van der Waals surface area contributed by atoms with Crippen molar-refractivity contribution in [2.24, 2.45) is 5.92 Å². The monoisotopic (exact) mass is 185 g/mol. The van der Waals surface area contributed by atoms with E-state index in [0.29, 0.717) is 12.0 Å². The van der Waals surface area contributed by atoms with Crippen LogP contribution in [0, 0.1) is 5.92 Å². The van der Waals surface area contributed by atoms with E-state index in [1.165, 1.54) is 0 Å². The van der Waals surface area contributed by atoms with Crippen molar-refractivity contribution in [2.75, 3.05) is 13.1 Å². The Morgan fingerprint density at radius 3 is 2.46 bits per heavy atom. The zero-order chi connectivity index (χ0) is 9.90. The van der Waals surface area contributed by atoms with Gasteiger partial charge in [0, 0.05) is 13.1 Å². The molecule has 1 saturated heterocycles. The molecule has 0 aromatic rings. The molecule has 0 saturated carbocycles. The van der Waals surface area contributed by atoms with Gasteiger partial charge in [-0.05, 0) is 18.8 Å². The standard InChI is InChI=1S/C11H23NO/c1-5-11(6-2)8-12-7-10(13-11)9(3)4/h9-10,12H,5-8H2,1-4H3. The molecular weight excluding hydrogens is 162 g/mol. The first kappa shape index (κ1) is 11.0. The van der Waals surface area contributed by atoms with Gasteiger partial charge in [-0.3, -0.25) is 0 Å². The van der Waals surface area contributed by atoms with Crippen LogP contribution in [-0.4, -0.2) is 24.8 Å². The van der Waals surface area contributed by atoms with Crippen LogP contribution in [0.1, 0.15) is 40.5 Å². The molecule has 13 heavy (non-hydrogen) atoms. The van der Waals surface area contributed by atoms with Crippen LogP contribution in [0.15, 0.2) is 0 Å². The Hall–Kier alpha value is -0.0800. The van der Waals surface area contributed by atoms with Crippen molar-refractivity contribution in [3.63, 3.8) is 0 Å². The maximum absolute atomic E-state index is 6.17. The van der Waals surface area contributed by atoms with Crippen LogP contribution >= 0.6 is 0 Å². The fraction of sp³-hybridized carbons (Fsp3) is 1.00. The van der Waals surface area contributed by atoms with Crippen LogP contribution in [0.4, 0.5) is 0 Å². The summed E-state index contributed by atoms with van der Waals surface area (Å²) in [5.41, 5.74) is 0.104.